The number of ether oxygens (including phenoxy) is 1. The molecule has 0 amide bonds. The Hall–Kier alpha value is -0.870. The molecule has 1 aromatic rings. The van der Waals surface area contributed by atoms with Gasteiger partial charge in [0.25, 0.3) is 0 Å². The zero-order valence-corrected chi connectivity index (χ0v) is 9.37. The molecule has 0 fully saturated rings. The van der Waals surface area contributed by atoms with Gasteiger partial charge in [-0.15, -0.1) is 0 Å². The van der Waals surface area contributed by atoms with Crippen molar-refractivity contribution in [1.29, 1.82) is 0 Å². The maximum atomic E-state index is 5.80. The van der Waals surface area contributed by atoms with Crippen LogP contribution in [0.4, 0.5) is 0 Å². The summed E-state index contributed by atoms with van der Waals surface area (Å²) in [7, 11) is 1.92. The number of aromatic nitrogens is 2. The van der Waals surface area contributed by atoms with Crippen LogP contribution < -0.4 is 5.73 Å². The average Bonchev–Trinajstić information content (AvgIpc) is 2.27. The molecule has 0 saturated carbocycles. The van der Waals surface area contributed by atoms with Crippen molar-refractivity contribution in [2.75, 3.05) is 6.61 Å². The molecule has 1 rings (SSSR count). The van der Waals surface area contributed by atoms with Crippen LogP contribution in [-0.4, -0.2) is 21.9 Å². The van der Waals surface area contributed by atoms with E-state index in [0.29, 0.717) is 13.2 Å². The monoisotopic (exact) mass is 197 g/mol. The van der Waals surface area contributed by atoms with Gasteiger partial charge in [0.15, 0.2) is 0 Å². The van der Waals surface area contributed by atoms with Crippen LogP contribution >= 0.6 is 0 Å². The van der Waals surface area contributed by atoms with Crippen LogP contribution in [0.15, 0.2) is 6.07 Å². The van der Waals surface area contributed by atoms with Crippen LogP contribution in [0.5, 0.6) is 0 Å². The molecule has 4 nitrogen and oxygen atoms in total. The fraction of sp³-hybridized carbons (Fsp3) is 0.700. The van der Waals surface area contributed by atoms with E-state index in [2.05, 4.69) is 5.10 Å². The van der Waals surface area contributed by atoms with Crippen molar-refractivity contribution in [2.24, 2.45) is 12.8 Å². The summed E-state index contributed by atoms with van der Waals surface area (Å²) in [6.45, 7) is 6.98. The number of nitrogens with zero attached hydrogens (tertiary/aromatic N) is 2. The van der Waals surface area contributed by atoms with Gasteiger partial charge < -0.3 is 10.5 Å². The van der Waals surface area contributed by atoms with Crippen molar-refractivity contribution in [1.82, 2.24) is 9.78 Å². The first-order valence-electron chi connectivity index (χ1n) is 4.74. The molecule has 0 atom stereocenters. The first-order chi connectivity index (χ1) is 6.38. The Kier molecular flexibility index (Phi) is 3.29. The zero-order valence-electron chi connectivity index (χ0n) is 9.37. The molecule has 1 aromatic heterocycles. The summed E-state index contributed by atoms with van der Waals surface area (Å²) in [5, 5.41) is 4.23. The molecule has 2 N–H and O–H groups in total. The molecule has 80 valence electrons. The van der Waals surface area contributed by atoms with E-state index in [1.807, 2.05) is 38.6 Å². The van der Waals surface area contributed by atoms with E-state index < -0.39 is 0 Å². The third-order valence-electron chi connectivity index (χ3n) is 1.82. The standard InChI is InChI=1S/C10H19N3O/c1-8-5-9(13(4)12-8)6-14-7-10(2,3)11/h5H,6-7,11H2,1-4H3. The van der Waals surface area contributed by atoms with Gasteiger partial charge >= 0.3 is 0 Å². The molecule has 0 saturated heterocycles. The Morgan fingerprint density at radius 3 is 2.64 bits per heavy atom. The molecule has 4 heteroatoms. The highest BCUT2D eigenvalue weighted by Gasteiger charge is 2.11. The van der Waals surface area contributed by atoms with Crippen LogP contribution in [0.3, 0.4) is 0 Å². The minimum absolute atomic E-state index is 0.270. The highest BCUT2D eigenvalue weighted by Crippen LogP contribution is 2.05. The third-order valence-corrected chi connectivity index (χ3v) is 1.82. The van der Waals surface area contributed by atoms with E-state index in [0.717, 1.165) is 11.4 Å². The van der Waals surface area contributed by atoms with E-state index in [1.54, 1.807) is 0 Å². The van der Waals surface area contributed by atoms with Gasteiger partial charge in [-0.2, -0.15) is 5.10 Å². The summed E-state index contributed by atoms with van der Waals surface area (Å²) in [5.74, 6) is 0. The molecule has 0 aliphatic rings. The number of nitrogens with two attached hydrogens (primary N) is 1. The lowest BCUT2D eigenvalue weighted by Crippen LogP contribution is -2.37. The van der Waals surface area contributed by atoms with Crippen molar-refractivity contribution >= 4 is 0 Å². The topological polar surface area (TPSA) is 53.1 Å². The first-order valence-corrected chi connectivity index (χ1v) is 4.74. The van der Waals surface area contributed by atoms with Gasteiger partial charge in [-0.25, -0.2) is 0 Å². The number of hydrogen-bond donors (Lipinski definition) is 1. The fourth-order valence-corrected chi connectivity index (χ4v) is 1.22. The van der Waals surface area contributed by atoms with Gasteiger partial charge in [0, 0.05) is 12.6 Å². The first kappa shape index (κ1) is 11.2. The van der Waals surface area contributed by atoms with Crippen LogP contribution in [-0.2, 0) is 18.4 Å². The molecule has 1 heterocycles. The van der Waals surface area contributed by atoms with Crippen molar-refractivity contribution in [3.8, 4) is 0 Å². The molecule has 0 aliphatic carbocycles. The summed E-state index contributed by atoms with van der Waals surface area (Å²) in [6, 6.07) is 2.02. The van der Waals surface area contributed by atoms with E-state index in [-0.39, 0.29) is 5.54 Å². The van der Waals surface area contributed by atoms with Gasteiger partial charge in [0.05, 0.1) is 24.6 Å². The quantitative estimate of drug-likeness (QED) is 0.783. The summed E-state index contributed by atoms with van der Waals surface area (Å²) < 4.78 is 7.32. The summed E-state index contributed by atoms with van der Waals surface area (Å²) >= 11 is 0. The zero-order chi connectivity index (χ0) is 10.8. The van der Waals surface area contributed by atoms with Gasteiger partial charge in [-0.3, -0.25) is 4.68 Å². The Bertz CT molecular complexity index is 299. The molecule has 0 aromatic carbocycles. The predicted molar refractivity (Wildman–Crippen MR) is 55.9 cm³/mol. The van der Waals surface area contributed by atoms with Gasteiger partial charge in [-0.1, -0.05) is 0 Å². The van der Waals surface area contributed by atoms with E-state index in [4.69, 9.17) is 10.5 Å². The smallest absolute Gasteiger partial charge is 0.0885 e. The van der Waals surface area contributed by atoms with Crippen molar-refractivity contribution < 1.29 is 4.74 Å². The third kappa shape index (κ3) is 3.47. The SMILES string of the molecule is Cc1cc(COCC(C)(C)N)n(C)n1. The van der Waals surface area contributed by atoms with E-state index in [1.165, 1.54) is 0 Å². The Balaban J connectivity index is 2.42. The maximum absolute atomic E-state index is 5.80. The second kappa shape index (κ2) is 4.11. The Morgan fingerprint density at radius 2 is 2.21 bits per heavy atom. The predicted octanol–water partition coefficient (Wildman–Crippen LogP) is 0.982. The molecule has 0 bridgehead atoms. The van der Waals surface area contributed by atoms with Crippen molar-refractivity contribution in [3.05, 3.63) is 17.5 Å². The highest BCUT2D eigenvalue weighted by atomic mass is 16.5. The number of rotatable bonds is 4. The number of hydrogen-bond acceptors (Lipinski definition) is 3. The van der Waals surface area contributed by atoms with Crippen LogP contribution in [0.1, 0.15) is 25.2 Å². The molecule has 0 radical (unpaired) electrons. The largest absolute Gasteiger partial charge is 0.373 e. The Labute approximate surface area is 85.0 Å². The van der Waals surface area contributed by atoms with Crippen LogP contribution in [0.25, 0.3) is 0 Å². The molecule has 0 unspecified atom stereocenters. The second-order valence-electron chi connectivity index (χ2n) is 4.38. The summed E-state index contributed by atoms with van der Waals surface area (Å²) in [6.07, 6.45) is 0. The van der Waals surface area contributed by atoms with Crippen LogP contribution in [0, 0.1) is 6.92 Å². The minimum atomic E-state index is -0.270. The lowest BCUT2D eigenvalue weighted by Gasteiger charge is -2.18. The molecule has 14 heavy (non-hydrogen) atoms. The van der Waals surface area contributed by atoms with Gasteiger partial charge in [0.1, 0.15) is 0 Å². The fourth-order valence-electron chi connectivity index (χ4n) is 1.22. The maximum Gasteiger partial charge on any atom is 0.0885 e. The molecular formula is C10H19N3O. The molecule has 0 spiro atoms. The van der Waals surface area contributed by atoms with E-state index in [9.17, 15) is 0 Å². The highest BCUT2D eigenvalue weighted by molar-refractivity contribution is 5.07. The van der Waals surface area contributed by atoms with Crippen molar-refractivity contribution in [3.63, 3.8) is 0 Å². The lowest BCUT2D eigenvalue weighted by molar-refractivity contribution is 0.0810. The summed E-state index contributed by atoms with van der Waals surface area (Å²) in [5.41, 5.74) is 7.61. The second-order valence-corrected chi connectivity index (χ2v) is 4.38. The van der Waals surface area contributed by atoms with Crippen molar-refractivity contribution in [2.45, 2.75) is 32.9 Å². The summed E-state index contributed by atoms with van der Waals surface area (Å²) in [4.78, 5) is 0. The van der Waals surface area contributed by atoms with E-state index >= 15 is 0 Å². The minimum Gasteiger partial charge on any atom is -0.373 e. The average molecular weight is 197 g/mol. The lowest BCUT2D eigenvalue weighted by atomic mass is 10.1. The van der Waals surface area contributed by atoms with Gasteiger partial charge in [0.2, 0.25) is 0 Å². The number of aryl methyl sites for hydroxylation is 2. The normalized spacial score (nSPS) is 12.1. The van der Waals surface area contributed by atoms with Gasteiger partial charge in [-0.05, 0) is 26.8 Å². The molecule has 0 aliphatic heterocycles. The Morgan fingerprint density at radius 1 is 1.57 bits per heavy atom. The molecular weight excluding hydrogens is 178 g/mol. The van der Waals surface area contributed by atoms with Crippen LogP contribution in [0.2, 0.25) is 0 Å².